The van der Waals surface area contributed by atoms with Gasteiger partial charge in [-0.2, -0.15) is 15.5 Å². The number of pyridine rings is 2. The van der Waals surface area contributed by atoms with Crippen LogP contribution in [-0.2, 0) is 19.2 Å². The molecule has 4 saturated heterocycles. The molecule has 4 amide bonds. The van der Waals surface area contributed by atoms with Crippen molar-refractivity contribution < 1.29 is 23.6 Å². The largest absolute Gasteiger partial charge is 0.374 e. The van der Waals surface area contributed by atoms with Gasteiger partial charge >= 0.3 is 0 Å². The highest BCUT2D eigenvalue weighted by atomic mass is 19.1. The van der Waals surface area contributed by atoms with Crippen LogP contribution in [0.5, 0.6) is 0 Å². The zero-order valence-corrected chi connectivity index (χ0v) is 38.5. The summed E-state index contributed by atoms with van der Waals surface area (Å²) < 4.78 is 19.1. The topological polar surface area (TPSA) is 186 Å². The smallest absolute Gasteiger partial charge is 0.249 e. The van der Waals surface area contributed by atoms with E-state index in [1.54, 1.807) is 22.8 Å². The number of nitrogens with one attached hydrogen (secondary N) is 3. The summed E-state index contributed by atoms with van der Waals surface area (Å²) in [6, 6.07) is 13.1. The number of hydrogen-bond acceptors (Lipinski definition) is 11. The van der Waals surface area contributed by atoms with Crippen LogP contribution in [-0.4, -0.2) is 116 Å². The van der Waals surface area contributed by atoms with Crippen LogP contribution in [0.1, 0.15) is 102 Å². The number of imide groups is 1. The molecule has 0 aliphatic carbocycles. The van der Waals surface area contributed by atoms with Crippen LogP contribution in [0.2, 0.25) is 0 Å². The number of fused-ring (bicyclic) bond motifs is 1. The minimum Gasteiger partial charge on any atom is -0.374 e. The summed E-state index contributed by atoms with van der Waals surface area (Å²) in [5, 5.41) is 27.8. The average molecular weight is 911 g/mol. The maximum atomic E-state index is 15.3. The lowest BCUT2D eigenvalue weighted by molar-refractivity contribution is -0.135. The molecule has 350 valence electrons. The number of nitriles is 1. The molecule has 0 bridgehead atoms. The third kappa shape index (κ3) is 9.63. The van der Waals surface area contributed by atoms with Crippen LogP contribution in [0, 0.1) is 22.6 Å². The molecule has 17 heteroatoms. The Kier molecular flexibility index (Phi) is 13.1. The Morgan fingerprint density at radius 2 is 1.69 bits per heavy atom. The van der Waals surface area contributed by atoms with E-state index in [0.29, 0.717) is 61.5 Å². The predicted octanol–water partition coefficient (Wildman–Crippen LogP) is 6.05. The highest BCUT2D eigenvalue weighted by Gasteiger charge is 2.40. The summed E-state index contributed by atoms with van der Waals surface area (Å²) in [5.74, 6) is 0.132. The van der Waals surface area contributed by atoms with Gasteiger partial charge in [-0.3, -0.25) is 34.1 Å². The lowest BCUT2D eigenvalue weighted by Gasteiger charge is -2.41. The van der Waals surface area contributed by atoms with Crippen molar-refractivity contribution in [3.05, 3.63) is 84.3 Å². The fraction of sp³-hybridized carbons (Fsp3) is 0.480. The Labute approximate surface area is 389 Å². The van der Waals surface area contributed by atoms with Crippen molar-refractivity contribution in [3.8, 4) is 28.3 Å². The van der Waals surface area contributed by atoms with E-state index in [9.17, 15) is 24.4 Å². The quantitative estimate of drug-likeness (QED) is 0.124. The number of benzene rings is 1. The van der Waals surface area contributed by atoms with Crippen molar-refractivity contribution in [2.45, 2.75) is 103 Å². The van der Waals surface area contributed by atoms with Crippen LogP contribution in [0.25, 0.3) is 27.8 Å². The number of likely N-dealkylation sites (tertiary alicyclic amines) is 2. The predicted molar refractivity (Wildman–Crippen MR) is 251 cm³/mol. The van der Waals surface area contributed by atoms with E-state index in [0.717, 1.165) is 86.1 Å². The molecular weight excluding hydrogens is 852 g/mol. The minimum absolute atomic E-state index is 0.0393. The summed E-state index contributed by atoms with van der Waals surface area (Å²) in [4.78, 5) is 61.5. The molecule has 4 aliphatic heterocycles. The van der Waals surface area contributed by atoms with E-state index in [1.807, 2.05) is 60.3 Å². The summed E-state index contributed by atoms with van der Waals surface area (Å²) in [6.07, 6.45) is 15.2. The lowest BCUT2D eigenvalue weighted by atomic mass is 9.75. The Morgan fingerprint density at radius 1 is 0.910 bits per heavy atom. The van der Waals surface area contributed by atoms with Gasteiger partial charge in [0.25, 0.3) is 0 Å². The number of nitrogens with zero attached hydrogens (tertiary/aromatic N) is 9. The second-order valence-electron chi connectivity index (χ2n) is 19.0. The molecule has 16 nitrogen and oxygen atoms in total. The molecule has 9 rings (SSSR count). The number of aromatic nitrogens is 5. The fourth-order valence-electron chi connectivity index (χ4n) is 10.4. The summed E-state index contributed by atoms with van der Waals surface area (Å²) in [7, 11) is 0. The first kappa shape index (κ1) is 45.5. The lowest BCUT2D eigenvalue weighted by Crippen LogP contribution is -2.50. The molecule has 4 fully saturated rings. The highest BCUT2D eigenvalue weighted by Crippen LogP contribution is 2.38. The number of carbonyl (C=O) groups is 4. The van der Waals surface area contributed by atoms with E-state index in [1.165, 1.54) is 6.07 Å². The van der Waals surface area contributed by atoms with E-state index >= 15 is 4.39 Å². The van der Waals surface area contributed by atoms with Crippen LogP contribution in [0.3, 0.4) is 0 Å². The molecule has 1 atom stereocenters. The number of halogens is 1. The second kappa shape index (κ2) is 19.3. The van der Waals surface area contributed by atoms with Crippen molar-refractivity contribution in [2.24, 2.45) is 5.41 Å². The Bertz CT molecular complexity index is 2680. The molecule has 8 heterocycles. The molecule has 4 aliphatic rings. The molecule has 0 spiro atoms. The van der Waals surface area contributed by atoms with E-state index < -0.39 is 11.9 Å². The first-order valence-corrected chi connectivity index (χ1v) is 23.8. The van der Waals surface area contributed by atoms with Gasteiger partial charge in [-0.1, -0.05) is 13.0 Å². The first-order chi connectivity index (χ1) is 32.4. The number of hydrogen-bond donors (Lipinski definition) is 3. The molecule has 1 unspecified atom stereocenters. The number of anilines is 2. The van der Waals surface area contributed by atoms with Gasteiger partial charge in [0, 0.05) is 85.2 Å². The maximum absolute atomic E-state index is 15.3. The van der Waals surface area contributed by atoms with Crippen molar-refractivity contribution in [3.63, 3.8) is 0 Å². The van der Waals surface area contributed by atoms with Gasteiger partial charge in [0.05, 0.1) is 41.5 Å². The number of carbonyl (C=O) groups excluding carboxylic acids is 4. The Morgan fingerprint density at radius 3 is 2.36 bits per heavy atom. The highest BCUT2D eigenvalue weighted by molar-refractivity contribution is 6.01. The zero-order chi connectivity index (χ0) is 46.8. The summed E-state index contributed by atoms with van der Waals surface area (Å²) >= 11 is 0. The van der Waals surface area contributed by atoms with Crippen molar-refractivity contribution in [2.75, 3.05) is 56.0 Å². The average Bonchev–Trinajstić information content (AvgIpc) is 4.01. The molecule has 5 aromatic rings. The SMILES string of the molecule is CCC1(C(=O)NC(C)C)CCN(c2ccc(-c3cc(-c4cnn(C5CCN(C(=O)CN6CCC(c7ccc(NC8CCC(=O)NC8=O)cc7F)CC6)CC5)c4)cn4ncc(C#N)c34)cn2)CC1. The number of rotatable bonds is 12. The van der Waals surface area contributed by atoms with Crippen molar-refractivity contribution >= 4 is 40.7 Å². The fourth-order valence-corrected chi connectivity index (χ4v) is 10.4. The van der Waals surface area contributed by atoms with Crippen molar-refractivity contribution in [1.29, 1.82) is 5.26 Å². The summed E-state index contributed by atoms with van der Waals surface area (Å²) in [6.45, 7) is 10.6. The van der Waals surface area contributed by atoms with Crippen LogP contribution >= 0.6 is 0 Å². The van der Waals surface area contributed by atoms with Crippen LogP contribution in [0.4, 0.5) is 15.9 Å². The second-order valence-corrected chi connectivity index (χ2v) is 19.0. The number of amides is 4. The normalized spacial score (nSPS) is 19.7. The van der Waals surface area contributed by atoms with E-state index in [-0.39, 0.29) is 53.4 Å². The van der Waals surface area contributed by atoms with Crippen LogP contribution in [0.15, 0.2) is 67.4 Å². The van der Waals surface area contributed by atoms with Gasteiger partial charge in [0.1, 0.15) is 23.7 Å². The Balaban J connectivity index is 0.788. The first-order valence-electron chi connectivity index (χ1n) is 23.8. The monoisotopic (exact) mass is 910 g/mol. The van der Waals surface area contributed by atoms with Crippen molar-refractivity contribution in [1.82, 2.24) is 44.8 Å². The third-order valence-electron chi connectivity index (χ3n) is 14.5. The third-order valence-corrected chi connectivity index (χ3v) is 14.5. The Hall–Kier alpha value is -6.67. The van der Waals surface area contributed by atoms with Gasteiger partial charge in [-0.25, -0.2) is 13.9 Å². The van der Waals surface area contributed by atoms with Gasteiger partial charge in [-0.05, 0) is 120 Å². The summed E-state index contributed by atoms with van der Waals surface area (Å²) in [5.41, 5.74) is 5.48. The van der Waals surface area contributed by atoms with E-state index in [2.05, 4.69) is 49.9 Å². The molecule has 1 aromatic carbocycles. The molecular formula is C50H59FN12O4. The van der Waals surface area contributed by atoms with Gasteiger partial charge in [-0.15, -0.1) is 0 Å². The number of piperidine rings is 4. The molecule has 4 aromatic heterocycles. The maximum Gasteiger partial charge on any atom is 0.249 e. The van der Waals surface area contributed by atoms with Gasteiger partial charge < -0.3 is 20.4 Å². The molecule has 0 radical (unpaired) electrons. The van der Waals surface area contributed by atoms with E-state index in [4.69, 9.17) is 10.1 Å². The van der Waals surface area contributed by atoms with Gasteiger partial charge in [0.15, 0.2) is 0 Å². The minimum atomic E-state index is -0.574. The zero-order valence-electron chi connectivity index (χ0n) is 38.5. The molecule has 67 heavy (non-hydrogen) atoms. The molecule has 3 N–H and O–H groups in total. The molecule has 0 saturated carbocycles. The van der Waals surface area contributed by atoms with Gasteiger partial charge in [0.2, 0.25) is 23.6 Å². The van der Waals surface area contributed by atoms with Crippen LogP contribution < -0.4 is 20.9 Å². The standard InChI is InChI=1S/C50H59FN12O4/c1-4-50(49(67)56-32(2)3)15-21-60(22-16-50)44-9-5-34(26-53-44)41-23-35(29-63-47(41)36(25-52)27-55-63)37-28-54-62(30-37)39-13-19-61(20-14-39)46(65)31-59-17-11-33(12-18-59)40-7-6-38(24-42(40)51)57-43-8-10-45(64)58-48(43)66/h5-7,9,23-24,26-30,32-33,39,43,57H,4,8,10-22,31H2,1-3H3,(H,56,67)(H,58,64,66).